The molecule has 0 aliphatic carbocycles. The van der Waals surface area contributed by atoms with Crippen molar-refractivity contribution >= 4 is 17.6 Å². The number of phenolic OH excluding ortho intramolecular Hbond substituents is 2. The average Bonchev–Trinajstić information content (AvgIpc) is 2.33. The number of rotatable bonds is 4. The lowest BCUT2D eigenvalue weighted by Crippen LogP contribution is -2.43. The molecule has 6 heteroatoms. The van der Waals surface area contributed by atoms with Gasteiger partial charge < -0.3 is 15.3 Å². The van der Waals surface area contributed by atoms with E-state index in [-0.39, 0.29) is 17.0 Å². The van der Waals surface area contributed by atoms with Gasteiger partial charge >= 0.3 is 5.97 Å². The predicted molar refractivity (Wildman–Crippen MR) is 69.2 cm³/mol. The molecule has 19 heavy (non-hydrogen) atoms. The number of nitrogens with zero attached hydrogens (tertiary/aromatic N) is 1. The molecule has 3 N–H and O–H groups in total. The molecular weight excluding hydrogens is 250 g/mol. The number of carbonyl (C=O) groups is 2. The number of carboxylic acid groups (broad SMARTS) is 1. The van der Waals surface area contributed by atoms with Crippen LogP contribution >= 0.6 is 0 Å². The van der Waals surface area contributed by atoms with Crippen molar-refractivity contribution in [2.45, 2.75) is 19.9 Å². The Balaban J connectivity index is 3.30. The van der Waals surface area contributed by atoms with Gasteiger partial charge in [0.05, 0.1) is 0 Å². The molecule has 0 bridgehead atoms. The maximum Gasteiger partial charge on any atom is 0.326 e. The Kier molecular flexibility index (Phi) is 4.16. The molecule has 0 heterocycles. The smallest absolute Gasteiger partial charge is 0.326 e. The van der Waals surface area contributed by atoms with Crippen LogP contribution in [0.5, 0.6) is 11.5 Å². The minimum absolute atomic E-state index is 0.165. The van der Waals surface area contributed by atoms with Crippen LogP contribution in [0.25, 0.3) is 0 Å². The van der Waals surface area contributed by atoms with E-state index in [0.717, 1.165) is 11.0 Å². The standard InChI is InChI=1S/C13H15NO5/c1-7(2)12(17)14(8(3)13(18)19)9-4-5-10(15)11(16)6-9/h4-6,8,15-16H,1H2,2-3H3,(H,18,19). The summed E-state index contributed by atoms with van der Waals surface area (Å²) in [7, 11) is 0. The Labute approximate surface area is 110 Å². The van der Waals surface area contributed by atoms with Gasteiger partial charge in [0.1, 0.15) is 6.04 Å². The number of benzene rings is 1. The van der Waals surface area contributed by atoms with Gasteiger partial charge in [-0.05, 0) is 26.0 Å². The second kappa shape index (κ2) is 5.43. The molecule has 1 unspecified atom stereocenters. The van der Waals surface area contributed by atoms with Crippen molar-refractivity contribution < 1.29 is 24.9 Å². The summed E-state index contributed by atoms with van der Waals surface area (Å²) in [5, 5.41) is 27.7. The summed E-state index contributed by atoms with van der Waals surface area (Å²) in [4.78, 5) is 24.1. The lowest BCUT2D eigenvalue weighted by molar-refractivity contribution is -0.139. The zero-order valence-electron chi connectivity index (χ0n) is 10.6. The second-order valence-corrected chi connectivity index (χ2v) is 4.14. The topological polar surface area (TPSA) is 98.1 Å². The number of hydrogen-bond donors (Lipinski definition) is 3. The van der Waals surface area contributed by atoms with Crippen molar-refractivity contribution in [2.75, 3.05) is 4.90 Å². The number of aromatic hydroxyl groups is 2. The highest BCUT2D eigenvalue weighted by atomic mass is 16.4. The van der Waals surface area contributed by atoms with Crippen LogP contribution in [0.2, 0.25) is 0 Å². The summed E-state index contributed by atoms with van der Waals surface area (Å²) in [5.74, 6) is -2.55. The molecule has 0 fully saturated rings. The third-order valence-electron chi connectivity index (χ3n) is 2.57. The minimum atomic E-state index is -1.19. The third kappa shape index (κ3) is 3.04. The fraction of sp³-hybridized carbons (Fsp3) is 0.231. The Morgan fingerprint density at radius 1 is 1.26 bits per heavy atom. The third-order valence-corrected chi connectivity index (χ3v) is 2.57. The highest BCUT2D eigenvalue weighted by Gasteiger charge is 2.27. The lowest BCUT2D eigenvalue weighted by atomic mass is 10.1. The van der Waals surface area contributed by atoms with Crippen LogP contribution in [-0.4, -0.2) is 33.2 Å². The van der Waals surface area contributed by atoms with Crippen LogP contribution in [0.3, 0.4) is 0 Å². The zero-order chi connectivity index (χ0) is 14.7. The molecule has 1 atom stereocenters. The van der Waals surface area contributed by atoms with Crippen molar-refractivity contribution in [3.05, 3.63) is 30.4 Å². The van der Waals surface area contributed by atoms with E-state index in [1.807, 2.05) is 0 Å². The predicted octanol–water partition coefficient (Wildman–Crippen LogP) is 1.48. The monoisotopic (exact) mass is 265 g/mol. The zero-order valence-corrected chi connectivity index (χ0v) is 10.6. The number of phenols is 2. The van der Waals surface area contributed by atoms with Gasteiger partial charge in [-0.3, -0.25) is 9.69 Å². The summed E-state index contributed by atoms with van der Waals surface area (Å²) in [6, 6.07) is 2.51. The largest absolute Gasteiger partial charge is 0.504 e. The molecule has 0 saturated carbocycles. The Bertz CT molecular complexity index is 538. The van der Waals surface area contributed by atoms with E-state index < -0.39 is 23.7 Å². The quantitative estimate of drug-likeness (QED) is 0.565. The molecule has 1 amide bonds. The molecule has 0 aliphatic rings. The first-order valence-corrected chi connectivity index (χ1v) is 5.49. The van der Waals surface area contributed by atoms with Crippen molar-refractivity contribution in [3.63, 3.8) is 0 Å². The number of carbonyl (C=O) groups excluding carboxylic acids is 1. The first-order valence-electron chi connectivity index (χ1n) is 5.49. The normalized spacial score (nSPS) is 11.7. The van der Waals surface area contributed by atoms with E-state index in [1.54, 1.807) is 0 Å². The van der Waals surface area contributed by atoms with Gasteiger partial charge in [-0.15, -0.1) is 0 Å². The summed E-state index contributed by atoms with van der Waals surface area (Å²) >= 11 is 0. The summed E-state index contributed by atoms with van der Waals surface area (Å²) in [5.41, 5.74) is 0.332. The molecule has 0 saturated heterocycles. The number of anilines is 1. The van der Waals surface area contributed by atoms with Gasteiger partial charge in [0, 0.05) is 17.3 Å². The van der Waals surface area contributed by atoms with Crippen molar-refractivity contribution in [2.24, 2.45) is 0 Å². The molecule has 1 rings (SSSR count). The van der Waals surface area contributed by atoms with Crippen LogP contribution in [0.15, 0.2) is 30.4 Å². The molecule has 0 aliphatic heterocycles. The van der Waals surface area contributed by atoms with Gasteiger partial charge in [0.15, 0.2) is 11.5 Å². The summed E-state index contributed by atoms with van der Waals surface area (Å²) in [6.07, 6.45) is 0. The first-order chi connectivity index (χ1) is 8.75. The molecule has 1 aromatic rings. The highest BCUT2D eigenvalue weighted by Crippen LogP contribution is 2.31. The summed E-state index contributed by atoms with van der Waals surface area (Å²) in [6.45, 7) is 6.29. The van der Waals surface area contributed by atoms with E-state index >= 15 is 0 Å². The van der Waals surface area contributed by atoms with Gasteiger partial charge in [-0.2, -0.15) is 0 Å². The van der Waals surface area contributed by atoms with E-state index in [0.29, 0.717) is 0 Å². The van der Waals surface area contributed by atoms with Gasteiger partial charge in [0.2, 0.25) is 0 Å². The van der Waals surface area contributed by atoms with Crippen LogP contribution in [0, 0.1) is 0 Å². The Hall–Kier alpha value is -2.50. The van der Waals surface area contributed by atoms with E-state index in [4.69, 9.17) is 5.11 Å². The molecular formula is C13H15NO5. The maximum atomic E-state index is 12.0. The molecule has 1 aromatic carbocycles. The van der Waals surface area contributed by atoms with Crippen molar-refractivity contribution in [1.29, 1.82) is 0 Å². The average molecular weight is 265 g/mol. The van der Waals surface area contributed by atoms with Crippen LogP contribution in [0.1, 0.15) is 13.8 Å². The molecule has 0 radical (unpaired) electrons. The minimum Gasteiger partial charge on any atom is -0.504 e. The SMILES string of the molecule is C=C(C)C(=O)N(c1ccc(O)c(O)c1)C(C)C(=O)O. The molecule has 0 spiro atoms. The van der Waals surface area contributed by atoms with E-state index in [2.05, 4.69) is 6.58 Å². The van der Waals surface area contributed by atoms with Gasteiger partial charge in [-0.1, -0.05) is 6.58 Å². The fourth-order valence-electron chi connectivity index (χ4n) is 1.49. The highest BCUT2D eigenvalue weighted by molar-refractivity contribution is 6.08. The number of hydrogen-bond acceptors (Lipinski definition) is 4. The number of amides is 1. The molecule has 6 nitrogen and oxygen atoms in total. The van der Waals surface area contributed by atoms with Crippen LogP contribution in [0.4, 0.5) is 5.69 Å². The first kappa shape index (κ1) is 14.6. The van der Waals surface area contributed by atoms with Gasteiger partial charge in [0.25, 0.3) is 5.91 Å². The molecule has 0 aromatic heterocycles. The van der Waals surface area contributed by atoms with Crippen molar-refractivity contribution in [1.82, 2.24) is 0 Å². The fourth-order valence-corrected chi connectivity index (χ4v) is 1.49. The van der Waals surface area contributed by atoms with Crippen LogP contribution in [-0.2, 0) is 9.59 Å². The van der Waals surface area contributed by atoms with E-state index in [9.17, 15) is 19.8 Å². The van der Waals surface area contributed by atoms with Crippen molar-refractivity contribution in [3.8, 4) is 11.5 Å². The van der Waals surface area contributed by atoms with E-state index in [1.165, 1.54) is 26.0 Å². The second-order valence-electron chi connectivity index (χ2n) is 4.14. The number of carboxylic acids is 1. The number of aliphatic carboxylic acids is 1. The Morgan fingerprint density at radius 2 is 1.84 bits per heavy atom. The lowest BCUT2D eigenvalue weighted by Gasteiger charge is -2.27. The van der Waals surface area contributed by atoms with Gasteiger partial charge in [-0.25, -0.2) is 4.79 Å². The Morgan fingerprint density at radius 3 is 2.26 bits per heavy atom. The summed E-state index contributed by atoms with van der Waals surface area (Å²) < 4.78 is 0. The van der Waals surface area contributed by atoms with Crippen LogP contribution < -0.4 is 4.90 Å². The molecule has 102 valence electrons. The maximum absolute atomic E-state index is 12.0.